The van der Waals surface area contributed by atoms with Gasteiger partial charge in [-0.3, -0.25) is 0 Å². The molecule has 2 aliphatic rings. The highest BCUT2D eigenvalue weighted by Gasteiger charge is 2.35. The number of amides is 1. The van der Waals surface area contributed by atoms with Crippen molar-refractivity contribution in [2.45, 2.75) is 58.1 Å². The van der Waals surface area contributed by atoms with Crippen molar-refractivity contribution in [1.29, 1.82) is 0 Å². The summed E-state index contributed by atoms with van der Waals surface area (Å²) in [5, 5.41) is 4.13. The number of ether oxygens (including phenoxy) is 1. The zero-order chi connectivity index (χ0) is 13.6. The van der Waals surface area contributed by atoms with Gasteiger partial charge in [-0.05, 0) is 33.6 Å². The van der Waals surface area contributed by atoms with E-state index >= 15 is 0 Å². The van der Waals surface area contributed by atoms with Crippen LogP contribution in [0.25, 0.3) is 0 Å². The summed E-state index contributed by atoms with van der Waals surface area (Å²) in [4.78, 5) is 13.8. The average Bonchev–Trinajstić information content (AvgIpc) is 3.06. The maximum absolute atomic E-state index is 12.1. The summed E-state index contributed by atoms with van der Waals surface area (Å²) >= 11 is 0. The summed E-state index contributed by atoms with van der Waals surface area (Å²) in [6, 6.07) is 0. The second kappa shape index (κ2) is 4.25. The first-order valence-corrected chi connectivity index (χ1v) is 6.89. The van der Waals surface area contributed by atoms with Crippen molar-refractivity contribution in [3.63, 3.8) is 0 Å². The SMILES string of the molecule is CC(C)(C)OC(=O)N1CCc2noc(C3CC3)c2C1. The van der Waals surface area contributed by atoms with Crippen molar-refractivity contribution < 1.29 is 14.1 Å². The minimum Gasteiger partial charge on any atom is -0.444 e. The van der Waals surface area contributed by atoms with E-state index in [0.29, 0.717) is 19.0 Å². The van der Waals surface area contributed by atoms with E-state index in [0.717, 1.165) is 23.4 Å². The van der Waals surface area contributed by atoms with E-state index in [1.54, 1.807) is 4.90 Å². The van der Waals surface area contributed by atoms with Crippen molar-refractivity contribution in [2.75, 3.05) is 6.54 Å². The van der Waals surface area contributed by atoms with E-state index in [1.807, 2.05) is 20.8 Å². The fourth-order valence-electron chi connectivity index (χ4n) is 2.38. The number of hydrogen-bond acceptors (Lipinski definition) is 4. The van der Waals surface area contributed by atoms with Crippen molar-refractivity contribution in [3.05, 3.63) is 17.0 Å². The molecular weight excluding hydrogens is 244 g/mol. The summed E-state index contributed by atoms with van der Waals surface area (Å²) in [6.07, 6.45) is 2.86. The standard InChI is InChI=1S/C14H20N2O3/c1-14(2,3)18-13(17)16-7-6-11-10(8-16)12(19-15-11)9-4-5-9/h9H,4-8H2,1-3H3. The molecule has 0 unspecified atom stereocenters. The van der Waals surface area contributed by atoms with Crippen molar-refractivity contribution in [1.82, 2.24) is 10.1 Å². The smallest absolute Gasteiger partial charge is 0.410 e. The summed E-state index contributed by atoms with van der Waals surface area (Å²) < 4.78 is 10.9. The van der Waals surface area contributed by atoms with E-state index < -0.39 is 5.60 Å². The molecule has 3 rings (SSSR count). The molecule has 1 saturated carbocycles. The van der Waals surface area contributed by atoms with Gasteiger partial charge in [-0.2, -0.15) is 0 Å². The molecule has 0 spiro atoms. The van der Waals surface area contributed by atoms with Gasteiger partial charge in [0.15, 0.2) is 0 Å². The van der Waals surface area contributed by atoms with Crippen LogP contribution >= 0.6 is 0 Å². The zero-order valence-corrected chi connectivity index (χ0v) is 11.7. The van der Waals surface area contributed by atoms with Gasteiger partial charge in [0.25, 0.3) is 0 Å². The molecule has 1 fully saturated rings. The normalized spacial score (nSPS) is 19.2. The first-order chi connectivity index (χ1) is 8.94. The molecule has 0 radical (unpaired) electrons. The lowest BCUT2D eigenvalue weighted by molar-refractivity contribution is 0.0223. The molecule has 2 heterocycles. The monoisotopic (exact) mass is 264 g/mol. The number of carbonyl (C=O) groups excluding carboxylic acids is 1. The summed E-state index contributed by atoms with van der Waals surface area (Å²) in [5.74, 6) is 1.51. The van der Waals surface area contributed by atoms with Gasteiger partial charge in [0.2, 0.25) is 0 Å². The minimum absolute atomic E-state index is 0.249. The van der Waals surface area contributed by atoms with Crippen molar-refractivity contribution >= 4 is 6.09 Å². The van der Waals surface area contributed by atoms with Crippen LogP contribution in [-0.4, -0.2) is 28.3 Å². The molecule has 0 bridgehead atoms. The molecule has 1 aromatic heterocycles. The third kappa shape index (κ3) is 2.60. The first-order valence-electron chi connectivity index (χ1n) is 6.89. The lowest BCUT2D eigenvalue weighted by Crippen LogP contribution is -2.39. The van der Waals surface area contributed by atoms with Gasteiger partial charge < -0.3 is 14.2 Å². The lowest BCUT2D eigenvalue weighted by atomic mass is 10.0. The van der Waals surface area contributed by atoms with Crippen LogP contribution in [-0.2, 0) is 17.7 Å². The van der Waals surface area contributed by atoms with Crippen molar-refractivity contribution in [3.8, 4) is 0 Å². The molecule has 0 N–H and O–H groups in total. The molecule has 1 aliphatic carbocycles. The average molecular weight is 264 g/mol. The quantitative estimate of drug-likeness (QED) is 0.782. The number of hydrogen-bond donors (Lipinski definition) is 0. The summed E-state index contributed by atoms with van der Waals surface area (Å²) in [6.45, 7) is 6.87. The van der Waals surface area contributed by atoms with Crippen LogP contribution in [0.2, 0.25) is 0 Å². The Kier molecular flexibility index (Phi) is 2.80. The maximum Gasteiger partial charge on any atom is 0.410 e. The number of nitrogens with zero attached hydrogens (tertiary/aromatic N) is 2. The van der Waals surface area contributed by atoms with Crippen molar-refractivity contribution in [2.24, 2.45) is 0 Å². The maximum atomic E-state index is 12.1. The van der Waals surface area contributed by atoms with Crippen LogP contribution in [0.15, 0.2) is 4.52 Å². The topological polar surface area (TPSA) is 55.6 Å². The Balaban J connectivity index is 1.74. The van der Waals surface area contributed by atoms with Gasteiger partial charge >= 0.3 is 6.09 Å². The Labute approximate surface area is 112 Å². The Bertz CT molecular complexity index is 497. The number of fused-ring (bicyclic) bond motifs is 1. The highest BCUT2D eigenvalue weighted by atomic mass is 16.6. The van der Waals surface area contributed by atoms with Crippen LogP contribution in [0.4, 0.5) is 4.79 Å². The Morgan fingerprint density at radius 2 is 2.16 bits per heavy atom. The van der Waals surface area contributed by atoms with Gasteiger partial charge in [0.05, 0.1) is 12.2 Å². The highest BCUT2D eigenvalue weighted by Crippen LogP contribution is 2.43. The van der Waals surface area contributed by atoms with Gasteiger partial charge in [0, 0.05) is 24.4 Å². The van der Waals surface area contributed by atoms with Crippen LogP contribution < -0.4 is 0 Å². The molecule has 5 heteroatoms. The van der Waals surface area contributed by atoms with Gasteiger partial charge in [-0.1, -0.05) is 5.16 Å². The van der Waals surface area contributed by atoms with E-state index in [4.69, 9.17) is 9.26 Å². The van der Waals surface area contributed by atoms with E-state index in [1.165, 1.54) is 12.8 Å². The lowest BCUT2D eigenvalue weighted by Gasteiger charge is -2.29. The number of carbonyl (C=O) groups is 1. The second-order valence-corrected chi connectivity index (χ2v) is 6.40. The van der Waals surface area contributed by atoms with Crippen LogP contribution in [0.1, 0.15) is 56.5 Å². The third-order valence-electron chi connectivity index (χ3n) is 3.47. The minimum atomic E-state index is -0.453. The molecule has 19 heavy (non-hydrogen) atoms. The van der Waals surface area contributed by atoms with Crippen LogP contribution in [0.5, 0.6) is 0 Å². The van der Waals surface area contributed by atoms with Gasteiger partial charge in [-0.25, -0.2) is 4.79 Å². The second-order valence-electron chi connectivity index (χ2n) is 6.40. The van der Waals surface area contributed by atoms with Gasteiger partial charge in [-0.15, -0.1) is 0 Å². The molecule has 1 amide bonds. The van der Waals surface area contributed by atoms with E-state index in [2.05, 4.69) is 5.16 Å². The molecule has 0 atom stereocenters. The van der Waals surface area contributed by atoms with Gasteiger partial charge in [0.1, 0.15) is 11.4 Å². The molecule has 1 aliphatic heterocycles. The Morgan fingerprint density at radius 1 is 1.42 bits per heavy atom. The molecular formula is C14H20N2O3. The van der Waals surface area contributed by atoms with E-state index in [9.17, 15) is 4.79 Å². The third-order valence-corrected chi connectivity index (χ3v) is 3.47. The fraction of sp³-hybridized carbons (Fsp3) is 0.714. The Morgan fingerprint density at radius 3 is 2.79 bits per heavy atom. The first kappa shape index (κ1) is 12.5. The highest BCUT2D eigenvalue weighted by molar-refractivity contribution is 5.68. The largest absolute Gasteiger partial charge is 0.444 e. The van der Waals surface area contributed by atoms with E-state index in [-0.39, 0.29) is 6.09 Å². The predicted molar refractivity (Wildman–Crippen MR) is 68.8 cm³/mol. The molecule has 0 aromatic carbocycles. The molecule has 1 aromatic rings. The van der Waals surface area contributed by atoms with Crippen LogP contribution in [0, 0.1) is 0 Å². The fourth-order valence-corrected chi connectivity index (χ4v) is 2.38. The molecule has 5 nitrogen and oxygen atoms in total. The Hall–Kier alpha value is -1.52. The molecule has 104 valence electrons. The number of rotatable bonds is 1. The predicted octanol–water partition coefficient (Wildman–Crippen LogP) is 2.85. The summed E-state index contributed by atoms with van der Waals surface area (Å²) in [5.41, 5.74) is 1.67. The molecule has 0 saturated heterocycles. The number of aromatic nitrogens is 1. The zero-order valence-electron chi connectivity index (χ0n) is 11.7. The summed E-state index contributed by atoms with van der Waals surface area (Å²) in [7, 11) is 0. The van der Waals surface area contributed by atoms with Crippen LogP contribution in [0.3, 0.4) is 0 Å².